The zero-order valence-corrected chi connectivity index (χ0v) is 31.9. The van der Waals surface area contributed by atoms with Gasteiger partial charge < -0.3 is 4.90 Å². The highest BCUT2D eigenvalue weighted by molar-refractivity contribution is 8.07. The van der Waals surface area contributed by atoms with E-state index in [1.54, 1.807) is 43.4 Å². The summed E-state index contributed by atoms with van der Waals surface area (Å²) in [5.41, 5.74) is 12.4. The Morgan fingerprint density at radius 3 is 2.56 bits per heavy atom. The molecule has 6 unspecified atom stereocenters. The number of benzene rings is 1. The molecule has 1 saturated heterocycles. The first-order valence-corrected chi connectivity index (χ1v) is 22.0. The molecule has 52 heavy (non-hydrogen) atoms. The topological polar surface area (TPSA) is 3.24 Å². The van der Waals surface area contributed by atoms with E-state index in [2.05, 4.69) is 138 Å². The van der Waals surface area contributed by atoms with Gasteiger partial charge in [-0.2, -0.15) is 0 Å². The van der Waals surface area contributed by atoms with Gasteiger partial charge in [-0.3, -0.25) is 0 Å². The van der Waals surface area contributed by atoms with E-state index in [0.29, 0.717) is 29.8 Å². The van der Waals surface area contributed by atoms with Crippen LogP contribution in [-0.2, 0) is 5.41 Å². The maximum atomic E-state index is 2.98. The first kappa shape index (κ1) is 32.1. The fraction of sp³-hybridized carbons (Fsp3) is 0.388. The summed E-state index contributed by atoms with van der Waals surface area (Å²) < 4.78 is 0. The molecule has 262 valence electrons. The fourth-order valence-electron chi connectivity index (χ4n) is 11.7. The van der Waals surface area contributed by atoms with Gasteiger partial charge in [-0.05, 0) is 144 Å². The highest BCUT2D eigenvalue weighted by atomic mass is 32.2. The third-order valence-electron chi connectivity index (χ3n) is 13.7. The van der Waals surface area contributed by atoms with Gasteiger partial charge in [0.2, 0.25) is 0 Å². The van der Waals surface area contributed by atoms with Crippen molar-refractivity contribution in [3.63, 3.8) is 0 Å². The third kappa shape index (κ3) is 4.77. The van der Waals surface area contributed by atoms with E-state index in [9.17, 15) is 0 Å². The minimum Gasteiger partial charge on any atom is -0.364 e. The molecule has 11 rings (SSSR count). The van der Waals surface area contributed by atoms with E-state index in [4.69, 9.17) is 0 Å². The lowest BCUT2D eigenvalue weighted by atomic mass is 9.56. The number of rotatable bonds is 3. The minimum atomic E-state index is -0.274. The largest absolute Gasteiger partial charge is 0.364 e. The summed E-state index contributed by atoms with van der Waals surface area (Å²) in [6.45, 7) is 0. The second-order valence-electron chi connectivity index (χ2n) is 16.4. The lowest BCUT2D eigenvalue weighted by Gasteiger charge is -2.53. The molecule has 1 aromatic carbocycles. The maximum absolute atomic E-state index is 2.98. The van der Waals surface area contributed by atoms with Crippen LogP contribution in [0, 0.1) is 17.8 Å². The molecule has 1 aromatic rings. The minimum absolute atomic E-state index is 0.274. The number of allylic oxidation sites excluding steroid dienone is 19. The van der Waals surface area contributed by atoms with E-state index in [0.717, 1.165) is 57.8 Å². The molecule has 0 aromatic heterocycles. The zero-order valence-electron chi connectivity index (χ0n) is 30.2. The molecule has 0 N–H and O–H groups in total. The molecule has 0 radical (unpaired) electrons. The van der Waals surface area contributed by atoms with Gasteiger partial charge in [0.15, 0.2) is 0 Å². The van der Waals surface area contributed by atoms with Crippen molar-refractivity contribution in [1.82, 2.24) is 4.90 Å². The van der Waals surface area contributed by atoms with Crippen molar-refractivity contribution >= 4 is 29.1 Å². The Balaban J connectivity index is 1.15. The van der Waals surface area contributed by atoms with E-state index < -0.39 is 0 Å². The zero-order chi connectivity index (χ0) is 34.2. The highest BCUT2D eigenvalue weighted by Crippen LogP contribution is 2.68. The number of hydrogen-bond acceptors (Lipinski definition) is 3. The van der Waals surface area contributed by atoms with Crippen LogP contribution in [0.1, 0.15) is 94.6 Å². The summed E-state index contributed by atoms with van der Waals surface area (Å²) >= 11 is 4.23. The molecular formula is C49H49NS2. The van der Waals surface area contributed by atoms with Gasteiger partial charge in [0.05, 0.1) is 11.5 Å². The molecule has 10 aliphatic rings. The quantitative estimate of drug-likeness (QED) is 0.287. The normalized spacial score (nSPS) is 34.0. The van der Waals surface area contributed by atoms with Crippen molar-refractivity contribution in [3.05, 3.63) is 163 Å². The lowest BCUT2D eigenvalue weighted by Crippen LogP contribution is -2.46. The van der Waals surface area contributed by atoms with E-state index in [1.165, 1.54) is 46.6 Å². The summed E-state index contributed by atoms with van der Waals surface area (Å²) in [4.78, 5) is 9.26. The van der Waals surface area contributed by atoms with E-state index in [1.807, 2.05) is 0 Å². The molecule has 3 heterocycles. The summed E-state index contributed by atoms with van der Waals surface area (Å²) in [6.07, 6.45) is 53.1. The summed E-state index contributed by atoms with van der Waals surface area (Å²) in [6, 6.07) is 8.56. The Morgan fingerprint density at radius 1 is 0.712 bits per heavy atom. The molecule has 0 bridgehead atoms. The lowest BCUT2D eigenvalue weighted by molar-refractivity contribution is 0.196. The first-order valence-electron chi connectivity index (χ1n) is 20.4. The van der Waals surface area contributed by atoms with Gasteiger partial charge in [-0.15, -0.1) is 0 Å². The fourth-order valence-corrected chi connectivity index (χ4v) is 14.4. The average Bonchev–Trinajstić information content (AvgIpc) is 3.56. The Morgan fingerprint density at radius 2 is 1.63 bits per heavy atom. The van der Waals surface area contributed by atoms with Gasteiger partial charge in [-0.1, -0.05) is 121 Å². The van der Waals surface area contributed by atoms with Crippen LogP contribution in [0.25, 0.3) is 5.57 Å². The van der Waals surface area contributed by atoms with Crippen molar-refractivity contribution in [2.75, 3.05) is 0 Å². The number of likely N-dealkylation sites (tertiary alicyclic amines) is 1. The summed E-state index contributed by atoms with van der Waals surface area (Å²) in [7, 11) is 0. The molecule has 0 saturated carbocycles. The molecule has 0 amide bonds. The summed E-state index contributed by atoms with van der Waals surface area (Å²) in [5.74, 6) is 1.54. The number of nitrogens with zero attached hydrogens (tertiary/aromatic N) is 1. The molecule has 3 aliphatic heterocycles. The standard InChI is InChI=1S/C49H49NS2/c1-3-15-32(16-4-1)33-29-30-45-41(31-33)49(39-23-8-11-26-43(39)51-44-27-12-9-24-40(44)49)47-36(20-14-28-46(47)52-45)38-22-13-21-37-35-19-7-10-25-42(35)50(48(37)38)34-17-5-2-6-18-34/h1,3,7-8,10,13,15,17,19-21,23-25,27,29-31,35,37-38,42,48H,2,4-6,9,11-12,14,16,18,22,26,28H2. The van der Waals surface area contributed by atoms with Crippen LogP contribution < -0.4 is 0 Å². The third-order valence-corrected chi connectivity index (χ3v) is 16.2. The Labute approximate surface area is 319 Å². The van der Waals surface area contributed by atoms with Crippen LogP contribution in [0.5, 0.6) is 0 Å². The van der Waals surface area contributed by atoms with Crippen LogP contribution in [0.15, 0.2) is 157 Å². The van der Waals surface area contributed by atoms with Gasteiger partial charge in [0.25, 0.3) is 0 Å². The first-order chi connectivity index (χ1) is 25.8. The molecule has 1 fully saturated rings. The monoisotopic (exact) mass is 715 g/mol. The Kier molecular flexibility index (Phi) is 7.94. The van der Waals surface area contributed by atoms with Crippen LogP contribution in [0.3, 0.4) is 0 Å². The number of thioether (sulfide) groups is 2. The maximum Gasteiger partial charge on any atom is 0.0738 e. The van der Waals surface area contributed by atoms with Crippen molar-refractivity contribution in [2.45, 2.75) is 106 Å². The van der Waals surface area contributed by atoms with Gasteiger partial charge in [0.1, 0.15) is 0 Å². The van der Waals surface area contributed by atoms with E-state index in [-0.39, 0.29) is 5.41 Å². The van der Waals surface area contributed by atoms with Crippen molar-refractivity contribution in [1.29, 1.82) is 0 Å². The predicted molar refractivity (Wildman–Crippen MR) is 222 cm³/mol. The second-order valence-corrected chi connectivity index (χ2v) is 18.7. The van der Waals surface area contributed by atoms with Crippen LogP contribution in [0.4, 0.5) is 0 Å². The average molecular weight is 716 g/mol. The highest BCUT2D eigenvalue weighted by Gasteiger charge is 2.57. The van der Waals surface area contributed by atoms with Crippen molar-refractivity contribution < 1.29 is 0 Å². The number of fused-ring (bicyclic) bond motifs is 9. The second kappa shape index (κ2) is 12.9. The van der Waals surface area contributed by atoms with Crippen LogP contribution in [0.2, 0.25) is 0 Å². The molecule has 6 atom stereocenters. The van der Waals surface area contributed by atoms with Gasteiger partial charge in [-0.25, -0.2) is 0 Å². The molecular weight excluding hydrogens is 667 g/mol. The summed E-state index contributed by atoms with van der Waals surface area (Å²) in [5, 5.41) is 0. The van der Waals surface area contributed by atoms with Gasteiger partial charge in [0, 0.05) is 39.3 Å². The van der Waals surface area contributed by atoms with E-state index >= 15 is 0 Å². The molecule has 7 aliphatic carbocycles. The SMILES string of the molecule is C1=CCCC(c2ccc3c(c2)C2(C4=CCCC=C4SC4=C2C=CCC4)C2=C(CCC=C2C2CC=CC4C5C=CC=CC5N(C5=CCCCC5)C24)S3)=C1. The van der Waals surface area contributed by atoms with Crippen LogP contribution >= 0.6 is 23.5 Å². The predicted octanol–water partition coefficient (Wildman–Crippen LogP) is 13.1. The van der Waals surface area contributed by atoms with Crippen molar-refractivity contribution in [3.8, 4) is 0 Å². The van der Waals surface area contributed by atoms with Crippen molar-refractivity contribution in [2.24, 2.45) is 17.8 Å². The number of hydrogen-bond donors (Lipinski definition) is 0. The Bertz CT molecular complexity index is 2120. The Hall–Kier alpha value is -3.40. The molecule has 1 nitrogen and oxygen atoms in total. The molecule has 3 heteroatoms. The molecule has 1 spiro atoms. The van der Waals surface area contributed by atoms with Crippen LogP contribution in [-0.4, -0.2) is 17.0 Å². The smallest absolute Gasteiger partial charge is 0.0738 e. The van der Waals surface area contributed by atoms with Gasteiger partial charge >= 0.3 is 0 Å².